The van der Waals surface area contributed by atoms with Gasteiger partial charge in [-0.05, 0) is 25.0 Å². The van der Waals surface area contributed by atoms with Crippen molar-refractivity contribution in [2.45, 2.75) is 33.0 Å². The number of imidazole rings is 2. The SMILES string of the molecule is Cc1[nH]cnc1CN(CCCn1ccnc1)Cc1ccccc1Cl. The number of halogens is 1. The number of nitrogens with zero attached hydrogens (tertiary/aromatic N) is 4. The van der Waals surface area contributed by atoms with Crippen LogP contribution in [0.1, 0.15) is 23.4 Å². The fourth-order valence-corrected chi connectivity index (χ4v) is 2.93. The molecule has 3 rings (SSSR count). The van der Waals surface area contributed by atoms with Crippen molar-refractivity contribution in [1.29, 1.82) is 0 Å². The highest BCUT2D eigenvalue weighted by Crippen LogP contribution is 2.18. The topological polar surface area (TPSA) is 49.7 Å². The molecule has 5 nitrogen and oxygen atoms in total. The first-order valence-electron chi connectivity index (χ1n) is 8.12. The molecule has 3 aromatic rings. The summed E-state index contributed by atoms with van der Waals surface area (Å²) in [4.78, 5) is 14.1. The zero-order valence-corrected chi connectivity index (χ0v) is 14.6. The molecular weight excluding hydrogens is 322 g/mol. The predicted octanol–water partition coefficient (Wildman–Crippen LogP) is 3.66. The van der Waals surface area contributed by atoms with Gasteiger partial charge in [0.15, 0.2) is 0 Å². The second-order valence-electron chi connectivity index (χ2n) is 5.93. The zero-order chi connectivity index (χ0) is 16.8. The van der Waals surface area contributed by atoms with E-state index in [1.165, 1.54) is 0 Å². The molecule has 0 bridgehead atoms. The lowest BCUT2D eigenvalue weighted by molar-refractivity contribution is 0.245. The van der Waals surface area contributed by atoms with E-state index in [9.17, 15) is 0 Å². The minimum atomic E-state index is 0.810. The molecule has 1 N–H and O–H groups in total. The quantitative estimate of drug-likeness (QED) is 0.679. The van der Waals surface area contributed by atoms with E-state index >= 15 is 0 Å². The van der Waals surface area contributed by atoms with Gasteiger partial charge in [-0.15, -0.1) is 0 Å². The van der Waals surface area contributed by atoms with E-state index in [0.29, 0.717) is 0 Å². The molecule has 0 fully saturated rings. The van der Waals surface area contributed by atoms with Gasteiger partial charge in [0.25, 0.3) is 0 Å². The normalized spacial score (nSPS) is 11.3. The number of H-pyrrole nitrogens is 1. The zero-order valence-electron chi connectivity index (χ0n) is 13.8. The molecule has 0 unspecified atom stereocenters. The highest BCUT2D eigenvalue weighted by atomic mass is 35.5. The number of aromatic nitrogens is 4. The Morgan fingerprint density at radius 2 is 2.12 bits per heavy atom. The summed E-state index contributed by atoms with van der Waals surface area (Å²) in [5.74, 6) is 0. The van der Waals surface area contributed by atoms with Gasteiger partial charge in [0, 0.05) is 49.3 Å². The molecule has 1 aromatic carbocycles. The van der Waals surface area contributed by atoms with Gasteiger partial charge in [0.1, 0.15) is 0 Å². The summed E-state index contributed by atoms with van der Waals surface area (Å²) in [7, 11) is 0. The Morgan fingerprint density at radius 1 is 1.25 bits per heavy atom. The van der Waals surface area contributed by atoms with E-state index in [1.54, 1.807) is 6.33 Å². The minimum Gasteiger partial charge on any atom is -0.348 e. The van der Waals surface area contributed by atoms with Crippen molar-refractivity contribution >= 4 is 11.6 Å². The van der Waals surface area contributed by atoms with Gasteiger partial charge in [0.2, 0.25) is 0 Å². The Morgan fingerprint density at radius 3 is 2.83 bits per heavy atom. The lowest BCUT2D eigenvalue weighted by Gasteiger charge is -2.22. The minimum absolute atomic E-state index is 0.810. The van der Waals surface area contributed by atoms with Gasteiger partial charge in [-0.1, -0.05) is 29.8 Å². The number of hydrogen-bond donors (Lipinski definition) is 1. The molecule has 0 aliphatic rings. The summed E-state index contributed by atoms with van der Waals surface area (Å²) >= 11 is 6.34. The first-order valence-corrected chi connectivity index (χ1v) is 8.50. The summed E-state index contributed by atoms with van der Waals surface area (Å²) in [5.41, 5.74) is 3.36. The van der Waals surface area contributed by atoms with Gasteiger partial charge in [0.05, 0.1) is 18.3 Å². The number of nitrogens with one attached hydrogen (secondary N) is 1. The van der Waals surface area contributed by atoms with Crippen LogP contribution in [-0.4, -0.2) is 31.0 Å². The summed E-state index contributed by atoms with van der Waals surface area (Å²) in [6, 6.07) is 8.03. The van der Waals surface area contributed by atoms with E-state index in [-0.39, 0.29) is 0 Å². The van der Waals surface area contributed by atoms with Crippen molar-refractivity contribution < 1.29 is 0 Å². The van der Waals surface area contributed by atoms with E-state index in [1.807, 2.05) is 36.9 Å². The van der Waals surface area contributed by atoms with Crippen LogP contribution in [-0.2, 0) is 19.6 Å². The Hall–Kier alpha value is -2.11. The van der Waals surface area contributed by atoms with Gasteiger partial charge in [-0.25, -0.2) is 9.97 Å². The molecule has 0 atom stereocenters. The number of benzene rings is 1. The van der Waals surface area contributed by atoms with E-state index in [4.69, 9.17) is 11.6 Å². The molecule has 24 heavy (non-hydrogen) atoms. The van der Waals surface area contributed by atoms with Crippen molar-refractivity contribution in [3.8, 4) is 0 Å². The Labute approximate surface area is 147 Å². The molecule has 6 heteroatoms. The summed E-state index contributed by atoms with van der Waals surface area (Å²) in [6.45, 7) is 5.61. The maximum Gasteiger partial charge on any atom is 0.0945 e. The Bertz CT molecular complexity index is 750. The van der Waals surface area contributed by atoms with Crippen LogP contribution in [0.4, 0.5) is 0 Å². The lowest BCUT2D eigenvalue weighted by atomic mass is 10.2. The molecule has 0 spiro atoms. The van der Waals surface area contributed by atoms with Crippen LogP contribution in [0.2, 0.25) is 5.02 Å². The maximum absolute atomic E-state index is 6.34. The molecule has 2 heterocycles. The van der Waals surface area contributed by atoms with Gasteiger partial charge < -0.3 is 9.55 Å². The maximum atomic E-state index is 6.34. The third kappa shape index (κ3) is 4.46. The van der Waals surface area contributed by atoms with Crippen molar-refractivity contribution in [1.82, 2.24) is 24.4 Å². The highest BCUT2D eigenvalue weighted by molar-refractivity contribution is 6.31. The average Bonchev–Trinajstić information content (AvgIpc) is 3.22. The summed E-state index contributed by atoms with van der Waals surface area (Å²) < 4.78 is 2.10. The van der Waals surface area contributed by atoms with Crippen molar-refractivity contribution in [3.63, 3.8) is 0 Å². The van der Waals surface area contributed by atoms with Crippen molar-refractivity contribution in [2.24, 2.45) is 0 Å². The summed E-state index contributed by atoms with van der Waals surface area (Å²) in [5, 5.41) is 0.816. The van der Waals surface area contributed by atoms with Crippen LogP contribution < -0.4 is 0 Å². The predicted molar refractivity (Wildman–Crippen MR) is 95.7 cm³/mol. The Balaban J connectivity index is 1.65. The molecule has 0 radical (unpaired) electrons. The third-order valence-corrected chi connectivity index (χ3v) is 4.48. The van der Waals surface area contributed by atoms with Crippen LogP contribution in [0.3, 0.4) is 0 Å². The van der Waals surface area contributed by atoms with Gasteiger partial charge in [-0.3, -0.25) is 4.90 Å². The van der Waals surface area contributed by atoms with Gasteiger partial charge in [-0.2, -0.15) is 0 Å². The van der Waals surface area contributed by atoms with Crippen LogP contribution in [0, 0.1) is 6.92 Å². The Kier molecular flexibility index (Phi) is 5.67. The molecule has 126 valence electrons. The fraction of sp³-hybridized carbons (Fsp3) is 0.333. The monoisotopic (exact) mass is 343 g/mol. The average molecular weight is 344 g/mol. The molecule has 0 aliphatic carbocycles. The van der Waals surface area contributed by atoms with Gasteiger partial charge >= 0.3 is 0 Å². The fourth-order valence-electron chi connectivity index (χ4n) is 2.74. The lowest BCUT2D eigenvalue weighted by Crippen LogP contribution is -2.25. The highest BCUT2D eigenvalue weighted by Gasteiger charge is 2.12. The largest absolute Gasteiger partial charge is 0.348 e. The molecule has 2 aromatic heterocycles. The van der Waals surface area contributed by atoms with E-state index < -0.39 is 0 Å². The van der Waals surface area contributed by atoms with E-state index in [2.05, 4.69) is 37.4 Å². The summed E-state index contributed by atoms with van der Waals surface area (Å²) in [6.07, 6.45) is 8.47. The standard InChI is InChI=1S/C18H22ClN5/c1-15-18(22-13-21-15)12-24(9-4-8-23-10-7-20-14-23)11-16-5-2-3-6-17(16)19/h2-3,5-7,10,13-14H,4,8-9,11-12H2,1H3,(H,21,22). The first kappa shape index (κ1) is 16.7. The van der Waals surface area contributed by atoms with Crippen LogP contribution >= 0.6 is 11.6 Å². The van der Waals surface area contributed by atoms with Crippen molar-refractivity contribution in [3.05, 3.63) is 71.3 Å². The number of aromatic amines is 1. The first-order chi connectivity index (χ1) is 11.7. The van der Waals surface area contributed by atoms with Crippen molar-refractivity contribution in [2.75, 3.05) is 6.54 Å². The molecule has 0 saturated heterocycles. The van der Waals surface area contributed by atoms with E-state index in [0.717, 1.165) is 54.6 Å². The number of rotatable bonds is 8. The number of aryl methyl sites for hydroxylation is 2. The van der Waals surface area contributed by atoms with Crippen LogP contribution in [0.15, 0.2) is 49.3 Å². The molecule has 0 amide bonds. The molecule has 0 aliphatic heterocycles. The second kappa shape index (κ2) is 8.13. The second-order valence-corrected chi connectivity index (χ2v) is 6.34. The van der Waals surface area contributed by atoms with Crippen LogP contribution in [0.5, 0.6) is 0 Å². The van der Waals surface area contributed by atoms with Crippen LogP contribution in [0.25, 0.3) is 0 Å². The molecular formula is C18H22ClN5. The number of hydrogen-bond acceptors (Lipinski definition) is 3. The smallest absolute Gasteiger partial charge is 0.0945 e. The third-order valence-electron chi connectivity index (χ3n) is 4.11. The molecule has 0 saturated carbocycles.